The van der Waals surface area contributed by atoms with Crippen LogP contribution in [0.15, 0.2) is 21.5 Å². The van der Waals surface area contributed by atoms with Crippen LogP contribution < -0.4 is 16.2 Å². The molecule has 2 N–H and O–H groups in total. The average molecular weight is 348 g/mol. The number of nitrogens with one attached hydrogen (secondary N) is 2. The molecule has 0 fully saturated rings. The van der Waals surface area contributed by atoms with E-state index in [1.54, 1.807) is 31.1 Å². The first-order valence-electron chi connectivity index (χ1n) is 5.90. The van der Waals surface area contributed by atoms with E-state index < -0.39 is 0 Å². The number of urea groups is 1. The molecule has 0 spiro atoms. The predicted octanol–water partition coefficient (Wildman–Crippen LogP) is 2.41. The summed E-state index contributed by atoms with van der Waals surface area (Å²) in [6.45, 7) is 2.01. The van der Waals surface area contributed by atoms with E-state index in [1.807, 2.05) is 13.2 Å². The van der Waals surface area contributed by atoms with Crippen LogP contribution in [0.3, 0.4) is 0 Å². The molecule has 1 aromatic rings. The number of carbonyl (C=O) groups excluding carboxylic acids is 1. The lowest BCUT2D eigenvalue weighted by Gasteiger charge is -2.16. The van der Waals surface area contributed by atoms with Gasteiger partial charge in [0.15, 0.2) is 0 Å². The third-order valence-electron chi connectivity index (χ3n) is 2.59. The third-order valence-corrected chi connectivity index (χ3v) is 3.76. The van der Waals surface area contributed by atoms with Gasteiger partial charge in [-0.2, -0.15) is 11.8 Å². The van der Waals surface area contributed by atoms with Gasteiger partial charge in [-0.15, -0.1) is 0 Å². The van der Waals surface area contributed by atoms with Gasteiger partial charge in [0.05, 0.1) is 0 Å². The summed E-state index contributed by atoms with van der Waals surface area (Å²) in [5.74, 6) is 0.848. The van der Waals surface area contributed by atoms with Crippen LogP contribution in [0.5, 0.6) is 0 Å². The highest BCUT2D eigenvalue weighted by Gasteiger charge is 2.12. The Kier molecular flexibility index (Phi) is 6.44. The molecular formula is C12H18BrN3O2S. The van der Waals surface area contributed by atoms with Crippen molar-refractivity contribution < 1.29 is 4.79 Å². The molecule has 0 unspecified atom stereocenters. The second kappa shape index (κ2) is 7.59. The molecule has 1 aromatic heterocycles. The van der Waals surface area contributed by atoms with Gasteiger partial charge in [0, 0.05) is 29.5 Å². The van der Waals surface area contributed by atoms with Crippen LogP contribution in [-0.2, 0) is 7.05 Å². The maximum atomic E-state index is 11.8. The number of hydrogen-bond acceptors (Lipinski definition) is 3. The number of halogens is 1. The first-order chi connectivity index (χ1) is 8.97. The number of amides is 2. The standard InChI is InChI=1S/C12H18BrN3O2S/c1-4-9(7-19-3)14-12(18)15-10-5-8(13)6-16(2)11(10)17/h5-6,9H,4,7H2,1-3H3,(H2,14,15,18)/t9-/m0/s1. The van der Waals surface area contributed by atoms with Gasteiger partial charge < -0.3 is 15.2 Å². The summed E-state index contributed by atoms with van der Waals surface area (Å²) in [7, 11) is 1.64. The van der Waals surface area contributed by atoms with E-state index in [4.69, 9.17) is 0 Å². The molecule has 2 amide bonds. The summed E-state index contributed by atoms with van der Waals surface area (Å²) in [5.41, 5.74) is 0.0182. The summed E-state index contributed by atoms with van der Waals surface area (Å²) in [6, 6.07) is 1.35. The Morgan fingerprint density at radius 1 is 1.58 bits per heavy atom. The highest BCUT2D eigenvalue weighted by Crippen LogP contribution is 2.11. The number of hydrogen-bond donors (Lipinski definition) is 2. The van der Waals surface area contributed by atoms with Gasteiger partial charge in [0.2, 0.25) is 0 Å². The Morgan fingerprint density at radius 2 is 2.26 bits per heavy atom. The number of thioether (sulfide) groups is 1. The minimum absolute atomic E-state index is 0.103. The monoisotopic (exact) mass is 347 g/mol. The minimum atomic E-state index is -0.351. The molecule has 0 aromatic carbocycles. The van der Waals surface area contributed by atoms with Crippen molar-refractivity contribution >= 4 is 39.4 Å². The number of aryl methyl sites for hydroxylation is 1. The van der Waals surface area contributed by atoms with Crippen LogP contribution >= 0.6 is 27.7 Å². The highest BCUT2D eigenvalue weighted by molar-refractivity contribution is 9.10. The molecule has 106 valence electrons. The van der Waals surface area contributed by atoms with E-state index in [1.165, 1.54) is 4.57 Å². The normalized spacial score (nSPS) is 12.0. The quantitative estimate of drug-likeness (QED) is 0.859. The Hall–Kier alpha value is -0.950. The molecule has 0 radical (unpaired) electrons. The Balaban J connectivity index is 2.74. The fraction of sp³-hybridized carbons (Fsp3) is 0.500. The first kappa shape index (κ1) is 16.1. The predicted molar refractivity (Wildman–Crippen MR) is 84.0 cm³/mol. The maximum absolute atomic E-state index is 11.8. The number of carbonyl (C=O) groups is 1. The van der Waals surface area contributed by atoms with Gasteiger partial charge in [-0.1, -0.05) is 6.92 Å². The van der Waals surface area contributed by atoms with Crippen molar-refractivity contribution in [3.8, 4) is 0 Å². The topological polar surface area (TPSA) is 63.1 Å². The Labute approximate surface area is 125 Å². The SMILES string of the molecule is CC[C@@H](CSC)NC(=O)Nc1cc(Br)cn(C)c1=O. The lowest BCUT2D eigenvalue weighted by atomic mass is 10.3. The number of rotatable bonds is 5. The zero-order valence-corrected chi connectivity index (χ0v) is 13.6. The van der Waals surface area contributed by atoms with E-state index in [2.05, 4.69) is 26.6 Å². The number of pyridine rings is 1. The fourth-order valence-electron chi connectivity index (χ4n) is 1.57. The molecule has 5 nitrogen and oxygen atoms in total. The van der Waals surface area contributed by atoms with E-state index in [9.17, 15) is 9.59 Å². The van der Waals surface area contributed by atoms with Crippen molar-refractivity contribution in [1.29, 1.82) is 0 Å². The van der Waals surface area contributed by atoms with E-state index in [-0.39, 0.29) is 23.3 Å². The van der Waals surface area contributed by atoms with Crippen LogP contribution in [0.1, 0.15) is 13.3 Å². The summed E-state index contributed by atoms with van der Waals surface area (Å²) in [4.78, 5) is 23.7. The Morgan fingerprint density at radius 3 is 2.84 bits per heavy atom. The molecule has 1 heterocycles. The van der Waals surface area contributed by atoms with Crippen LogP contribution in [0, 0.1) is 0 Å². The van der Waals surface area contributed by atoms with Gasteiger partial charge in [-0.3, -0.25) is 4.79 Å². The van der Waals surface area contributed by atoms with E-state index in [0.29, 0.717) is 0 Å². The van der Waals surface area contributed by atoms with Crippen LogP contribution in [-0.4, -0.2) is 28.6 Å². The maximum Gasteiger partial charge on any atom is 0.319 e. The van der Waals surface area contributed by atoms with Crippen LogP contribution in [0.25, 0.3) is 0 Å². The molecule has 1 atom stereocenters. The number of anilines is 1. The molecule has 0 aliphatic heterocycles. The third kappa shape index (κ3) is 4.91. The zero-order valence-electron chi connectivity index (χ0n) is 11.2. The highest BCUT2D eigenvalue weighted by atomic mass is 79.9. The van der Waals surface area contributed by atoms with Crippen molar-refractivity contribution in [3.63, 3.8) is 0 Å². The van der Waals surface area contributed by atoms with Crippen molar-refractivity contribution in [2.24, 2.45) is 7.05 Å². The summed E-state index contributed by atoms with van der Waals surface area (Å²) >= 11 is 4.97. The number of nitrogens with zero attached hydrogens (tertiary/aromatic N) is 1. The Bertz CT molecular complexity index is 504. The van der Waals surface area contributed by atoms with Gasteiger partial charge in [0.25, 0.3) is 5.56 Å². The van der Waals surface area contributed by atoms with Gasteiger partial charge in [0.1, 0.15) is 5.69 Å². The second-order valence-corrected chi connectivity index (χ2v) is 5.97. The van der Waals surface area contributed by atoms with Crippen molar-refractivity contribution in [2.45, 2.75) is 19.4 Å². The van der Waals surface area contributed by atoms with Crippen molar-refractivity contribution in [2.75, 3.05) is 17.3 Å². The average Bonchev–Trinajstić information content (AvgIpc) is 2.34. The molecule has 0 saturated carbocycles. The molecule has 19 heavy (non-hydrogen) atoms. The molecule has 7 heteroatoms. The minimum Gasteiger partial charge on any atom is -0.334 e. The summed E-state index contributed by atoms with van der Waals surface area (Å²) in [6.07, 6.45) is 4.49. The molecular weight excluding hydrogens is 330 g/mol. The number of aromatic nitrogens is 1. The molecule has 1 rings (SSSR count). The van der Waals surface area contributed by atoms with Gasteiger partial charge in [-0.25, -0.2) is 4.79 Å². The largest absolute Gasteiger partial charge is 0.334 e. The van der Waals surface area contributed by atoms with Crippen molar-refractivity contribution in [3.05, 3.63) is 27.1 Å². The smallest absolute Gasteiger partial charge is 0.319 e. The summed E-state index contributed by atoms with van der Waals surface area (Å²) in [5, 5.41) is 5.44. The van der Waals surface area contributed by atoms with Crippen LogP contribution in [0.4, 0.5) is 10.5 Å². The molecule has 0 bridgehead atoms. The zero-order chi connectivity index (χ0) is 14.4. The second-order valence-electron chi connectivity index (χ2n) is 4.15. The van der Waals surface area contributed by atoms with Crippen molar-refractivity contribution in [1.82, 2.24) is 9.88 Å². The van der Waals surface area contributed by atoms with E-state index in [0.717, 1.165) is 16.6 Å². The van der Waals surface area contributed by atoms with E-state index >= 15 is 0 Å². The summed E-state index contributed by atoms with van der Waals surface area (Å²) < 4.78 is 2.15. The lowest BCUT2D eigenvalue weighted by molar-refractivity contribution is 0.249. The molecule has 0 aliphatic carbocycles. The van der Waals surface area contributed by atoms with Gasteiger partial charge >= 0.3 is 6.03 Å². The fourth-order valence-corrected chi connectivity index (χ4v) is 2.82. The van der Waals surface area contributed by atoms with Gasteiger partial charge in [-0.05, 0) is 34.7 Å². The molecule has 0 saturated heterocycles. The first-order valence-corrected chi connectivity index (χ1v) is 8.09. The van der Waals surface area contributed by atoms with Crippen LogP contribution in [0.2, 0.25) is 0 Å². The molecule has 0 aliphatic rings. The lowest BCUT2D eigenvalue weighted by Crippen LogP contribution is -2.40.